The van der Waals surface area contributed by atoms with Gasteiger partial charge in [-0.05, 0) is 31.6 Å². The molecule has 1 aliphatic carbocycles. The van der Waals surface area contributed by atoms with Crippen LogP contribution >= 0.6 is 0 Å². The molecule has 0 bridgehead atoms. The molecule has 0 radical (unpaired) electrons. The summed E-state index contributed by atoms with van der Waals surface area (Å²) in [5.41, 5.74) is 6.17. The molecule has 1 saturated heterocycles. The van der Waals surface area contributed by atoms with Crippen molar-refractivity contribution in [1.29, 1.82) is 5.26 Å². The van der Waals surface area contributed by atoms with Crippen molar-refractivity contribution in [3.8, 4) is 6.07 Å². The van der Waals surface area contributed by atoms with Gasteiger partial charge in [-0.25, -0.2) is 0 Å². The molecule has 100 valence electrons. The van der Waals surface area contributed by atoms with Crippen molar-refractivity contribution in [2.24, 2.45) is 11.7 Å². The number of carbonyl (C=O) groups is 1. The lowest BCUT2D eigenvalue weighted by Crippen LogP contribution is -2.41. The lowest BCUT2D eigenvalue weighted by Gasteiger charge is -2.29. The van der Waals surface area contributed by atoms with Gasteiger partial charge >= 0.3 is 0 Å². The third kappa shape index (κ3) is 3.02. The van der Waals surface area contributed by atoms with E-state index in [1.807, 2.05) is 0 Å². The minimum Gasteiger partial charge on any atom is -0.327 e. The molecule has 4 nitrogen and oxygen atoms in total. The zero-order valence-electron chi connectivity index (χ0n) is 11.0. The second kappa shape index (κ2) is 6.19. The number of nitrogens with zero attached hydrogens (tertiary/aromatic N) is 2. The van der Waals surface area contributed by atoms with E-state index >= 15 is 0 Å². The van der Waals surface area contributed by atoms with Crippen LogP contribution in [0, 0.1) is 17.2 Å². The summed E-state index contributed by atoms with van der Waals surface area (Å²) in [7, 11) is 0. The van der Waals surface area contributed by atoms with Gasteiger partial charge in [-0.3, -0.25) is 4.79 Å². The largest absolute Gasteiger partial charge is 0.327 e. The van der Waals surface area contributed by atoms with Crippen molar-refractivity contribution in [3.05, 3.63) is 0 Å². The molecule has 18 heavy (non-hydrogen) atoms. The third-order valence-corrected chi connectivity index (χ3v) is 4.39. The average Bonchev–Trinajstić information content (AvgIpc) is 2.88. The van der Waals surface area contributed by atoms with E-state index in [9.17, 15) is 4.79 Å². The first-order valence-corrected chi connectivity index (χ1v) is 7.17. The Bertz CT molecular complexity index is 330. The first-order chi connectivity index (χ1) is 8.72. The van der Waals surface area contributed by atoms with Crippen molar-refractivity contribution in [2.45, 2.75) is 63.5 Å². The van der Waals surface area contributed by atoms with Crippen LogP contribution in [-0.4, -0.2) is 29.4 Å². The Balaban J connectivity index is 1.84. The number of carbonyl (C=O) groups excluding carboxylic acids is 1. The minimum absolute atomic E-state index is 0.0160. The van der Waals surface area contributed by atoms with Gasteiger partial charge in [0.15, 0.2) is 0 Å². The predicted octanol–water partition coefficient (Wildman–Crippen LogP) is 1.80. The van der Waals surface area contributed by atoms with E-state index in [1.165, 1.54) is 19.3 Å². The molecular formula is C14H23N3O. The molecule has 0 spiro atoms. The lowest BCUT2D eigenvalue weighted by atomic mass is 9.83. The molecule has 2 rings (SSSR count). The summed E-state index contributed by atoms with van der Waals surface area (Å²) in [5.74, 6) is 0.586. The quantitative estimate of drug-likeness (QED) is 0.829. The first kappa shape index (κ1) is 13.4. The first-order valence-electron chi connectivity index (χ1n) is 7.17. The number of nitrogens with two attached hydrogens (primary N) is 1. The van der Waals surface area contributed by atoms with E-state index in [0.29, 0.717) is 12.3 Å². The SMILES string of the molecule is N#C[C@@H]1CCCN1C(=O)CC(N)C1CCCCC1. The van der Waals surface area contributed by atoms with Crippen LogP contribution < -0.4 is 5.73 Å². The summed E-state index contributed by atoms with van der Waals surface area (Å²) < 4.78 is 0. The Morgan fingerprint density at radius 3 is 2.67 bits per heavy atom. The van der Waals surface area contributed by atoms with Gasteiger partial charge in [-0.2, -0.15) is 5.26 Å². The Kier molecular flexibility index (Phi) is 4.60. The van der Waals surface area contributed by atoms with E-state index < -0.39 is 0 Å². The third-order valence-electron chi connectivity index (χ3n) is 4.39. The maximum Gasteiger partial charge on any atom is 0.225 e. The molecule has 1 aliphatic heterocycles. The zero-order chi connectivity index (χ0) is 13.0. The lowest BCUT2D eigenvalue weighted by molar-refractivity contribution is -0.131. The number of likely N-dealkylation sites (tertiary alicyclic amines) is 1. The highest BCUT2D eigenvalue weighted by Gasteiger charge is 2.31. The summed E-state index contributed by atoms with van der Waals surface area (Å²) in [6, 6.07) is 1.98. The van der Waals surface area contributed by atoms with Crippen molar-refractivity contribution >= 4 is 5.91 Å². The monoisotopic (exact) mass is 249 g/mol. The van der Waals surface area contributed by atoms with E-state index in [0.717, 1.165) is 32.2 Å². The molecule has 4 heteroatoms. The standard InChI is InChI=1S/C14H23N3O/c15-10-12-7-4-8-17(12)14(18)9-13(16)11-5-2-1-3-6-11/h11-13H,1-9,16H2/t12-,13?/m0/s1. The average molecular weight is 249 g/mol. The highest BCUT2D eigenvalue weighted by Crippen LogP contribution is 2.27. The fraction of sp³-hybridized carbons (Fsp3) is 0.857. The van der Waals surface area contributed by atoms with Crippen molar-refractivity contribution in [2.75, 3.05) is 6.54 Å². The number of hydrogen-bond donors (Lipinski definition) is 1. The molecule has 1 unspecified atom stereocenters. The fourth-order valence-electron chi connectivity index (χ4n) is 3.25. The summed E-state index contributed by atoms with van der Waals surface area (Å²) in [6.07, 6.45) is 8.31. The predicted molar refractivity (Wildman–Crippen MR) is 69.5 cm³/mol. The van der Waals surface area contributed by atoms with Gasteiger partial charge in [0.05, 0.1) is 6.07 Å². The molecule has 2 atom stereocenters. The Morgan fingerprint density at radius 1 is 1.28 bits per heavy atom. The highest BCUT2D eigenvalue weighted by molar-refractivity contribution is 5.77. The van der Waals surface area contributed by atoms with Gasteiger partial charge in [0.25, 0.3) is 0 Å². The van der Waals surface area contributed by atoms with Gasteiger partial charge in [0.2, 0.25) is 5.91 Å². The number of rotatable bonds is 3. The summed E-state index contributed by atoms with van der Waals surface area (Å²) in [5, 5.41) is 8.99. The molecule has 1 amide bonds. The van der Waals surface area contributed by atoms with Gasteiger partial charge in [-0.15, -0.1) is 0 Å². The second-order valence-corrected chi connectivity index (χ2v) is 5.64. The van der Waals surface area contributed by atoms with Crippen LogP contribution in [-0.2, 0) is 4.79 Å². The minimum atomic E-state index is -0.212. The number of nitriles is 1. The van der Waals surface area contributed by atoms with E-state index in [1.54, 1.807) is 4.90 Å². The fourth-order valence-corrected chi connectivity index (χ4v) is 3.25. The van der Waals surface area contributed by atoms with E-state index in [2.05, 4.69) is 6.07 Å². The van der Waals surface area contributed by atoms with E-state index in [-0.39, 0.29) is 18.0 Å². The van der Waals surface area contributed by atoms with Crippen molar-refractivity contribution in [3.63, 3.8) is 0 Å². The molecule has 2 fully saturated rings. The highest BCUT2D eigenvalue weighted by atomic mass is 16.2. The Morgan fingerprint density at radius 2 is 2.00 bits per heavy atom. The molecular weight excluding hydrogens is 226 g/mol. The molecule has 1 saturated carbocycles. The van der Waals surface area contributed by atoms with Crippen LogP contribution in [0.5, 0.6) is 0 Å². The van der Waals surface area contributed by atoms with Crippen molar-refractivity contribution < 1.29 is 4.79 Å². The van der Waals surface area contributed by atoms with Crippen LogP contribution in [0.25, 0.3) is 0 Å². The normalized spacial score (nSPS) is 26.9. The molecule has 0 aromatic carbocycles. The van der Waals surface area contributed by atoms with Crippen LogP contribution in [0.3, 0.4) is 0 Å². The molecule has 0 aromatic rings. The maximum atomic E-state index is 12.2. The topological polar surface area (TPSA) is 70.1 Å². The second-order valence-electron chi connectivity index (χ2n) is 5.64. The number of amides is 1. The maximum absolute atomic E-state index is 12.2. The van der Waals surface area contributed by atoms with Crippen LogP contribution in [0.2, 0.25) is 0 Å². The summed E-state index contributed by atoms with van der Waals surface area (Å²) >= 11 is 0. The van der Waals surface area contributed by atoms with Crippen LogP contribution in [0.1, 0.15) is 51.4 Å². The molecule has 1 heterocycles. The molecule has 2 N–H and O–H groups in total. The molecule has 2 aliphatic rings. The smallest absolute Gasteiger partial charge is 0.225 e. The summed E-state index contributed by atoms with van der Waals surface area (Å²) in [6.45, 7) is 0.731. The zero-order valence-corrected chi connectivity index (χ0v) is 11.0. The molecule has 0 aromatic heterocycles. The van der Waals surface area contributed by atoms with Crippen LogP contribution in [0.4, 0.5) is 0 Å². The number of hydrogen-bond acceptors (Lipinski definition) is 3. The Hall–Kier alpha value is -1.08. The van der Waals surface area contributed by atoms with Gasteiger partial charge < -0.3 is 10.6 Å². The Labute approximate surface area is 109 Å². The summed E-state index contributed by atoms with van der Waals surface area (Å²) in [4.78, 5) is 13.9. The van der Waals surface area contributed by atoms with Gasteiger partial charge in [0, 0.05) is 19.0 Å². The van der Waals surface area contributed by atoms with E-state index in [4.69, 9.17) is 11.0 Å². The van der Waals surface area contributed by atoms with Crippen LogP contribution in [0.15, 0.2) is 0 Å². The van der Waals surface area contributed by atoms with Gasteiger partial charge in [0.1, 0.15) is 6.04 Å². The van der Waals surface area contributed by atoms with Crippen molar-refractivity contribution in [1.82, 2.24) is 4.90 Å². The van der Waals surface area contributed by atoms with Gasteiger partial charge in [-0.1, -0.05) is 19.3 Å².